The molecule has 0 aliphatic carbocycles. The highest BCUT2D eigenvalue weighted by Gasteiger charge is 1.96. The van der Waals surface area contributed by atoms with Gasteiger partial charge in [0.1, 0.15) is 0 Å². The lowest BCUT2D eigenvalue weighted by molar-refractivity contribution is -0.118. The average Bonchev–Trinajstić information content (AvgIpc) is 2.28. The molecule has 0 saturated heterocycles. The zero-order chi connectivity index (χ0) is 12.7. The maximum absolute atomic E-state index is 10.6. The lowest BCUT2D eigenvalue weighted by Crippen LogP contribution is -2.20. The van der Waals surface area contributed by atoms with Gasteiger partial charge in [0.2, 0.25) is 5.91 Å². The fraction of sp³-hybridized carbons (Fsp3) is 0.286. The van der Waals surface area contributed by atoms with Crippen molar-refractivity contribution in [2.24, 2.45) is 0 Å². The molecule has 1 aromatic rings. The van der Waals surface area contributed by atoms with Gasteiger partial charge in [0.05, 0.1) is 11.6 Å². The summed E-state index contributed by atoms with van der Waals surface area (Å²) in [5.74, 6) is 5.93. The molecule has 86 valence electrons. The Labute approximate surface area is 101 Å². The highest BCUT2D eigenvalue weighted by molar-refractivity contribution is 5.72. The molecule has 1 N–H and O–H groups in total. The summed E-state index contributed by atoms with van der Waals surface area (Å²) in [6.07, 6.45) is 0.624. The Bertz CT molecular complexity index is 515. The van der Waals surface area contributed by atoms with E-state index in [1.165, 1.54) is 6.92 Å². The molecule has 0 radical (unpaired) electrons. The molecule has 0 aliphatic rings. The molecule has 3 nitrogen and oxygen atoms in total. The number of nitrogens with zero attached hydrogens (tertiary/aromatic N) is 1. The van der Waals surface area contributed by atoms with E-state index in [1.54, 1.807) is 6.07 Å². The van der Waals surface area contributed by atoms with E-state index < -0.39 is 0 Å². The van der Waals surface area contributed by atoms with E-state index in [9.17, 15) is 4.79 Å². The van der Waals surface area contributed by atoms with Crippen LogP contribution in [-0.4, -0.2) is 12.5 Å². The largest absolute Gasteiger partial charge is 0.355 e. The highest BCUT2D eigenvalue weighted by Crippen LogP contribution is 2.08. The molecule has 1 aromatic carbocycles. The van der Waals surface area contributed by atoms with Gasteiger partial charge in [0.25, 0.3) is 0 Å². The number of hydrogen-bond donors (Lipinski definition) is 1. The van der Waals surface area contributed by atoms with Gasteiger partial charge < -0.3 is 5.32 Å². The SMILES string of the molecule is CC(=O)NCCC#Cc1ccc(C#N)c(C)c1. The number of rotatable bonds is 2. The molecule has 0 aliphatic heterocycles. The lowest BCUT2D eigenvalue weighted by atomic mass is 10.1. The Morgan fingerprint density at radius 2 is 2.24 bits per heavy atom. The lowest BCUT2D eigenvalue weighted by Gasteiger charge is -1.97. The minimum Gasteiger partial charge on any atom is -0.355 e. The molecular weight excluding hydrogens is 212 g/mol. The summed E-state index contributed by atoms with van der Waals surface area (Å²) in [7, 11) is 0. The first-order valence-electron chi connectivity index (χ1n) is 5.37. The molecule has 0 aromatic heterocycles. The Hall–Kier alpha value is -2.26. The van der Waals surface area contributed by atoms with Crippen molar-refractivity contribution in [3.63, 3.8) is 0 Å². The van der Waals surface area contributed by atoms with Crippen LogP contribution in [0.15, 0.2) is 18.2 Å². The van der Waals surface area contributed by atoms with Crippen molar-refractivity contribution >= 4 is 5.91 Å². The van der Waals surface area contributed by atoms with Crippen molar-refractivity contribution in [1.82, 2.24) is 5.32 Å². The summed E-state index contributed by atoms with van der Waals surface area (Å²) in [5.41, 5.74) is 2.50. The van der Waals surface area contributed by atoms with Gasteiger partial charge >= 0.3 is 0 Å². The third kappa shape index (κ3) is 4.40. The molecule has 1 amide bonds. The number of hydrogen-bond acceptors (Lipinski definition) is 2. The maximum Gasteiger partial charge on any atom is 0.216 e. The van der Waals surface area contributed by atoms with Crippen LogP contribution in [-0.2, 0) is 4.79 Å². The van der Waals surface area contributed by atoms with Crippen LogP contribution < -0.4 is 5.32 Å². The van der Waals surface area contributed by atoms with Gasteiger partial charge in [-0.25, -0.2) is 0 Å². The second-order valence-electron chi connectivity index (χ2n) is 3.68. The number of aryl methyl sites for hydroxylation is 1. The van der Waals surface area contributed by atoms with Gasteiger partial charge in [-0.15, -0.1) is 0 Å². The summed E-state index contributed by atoms with van der Waals surface area (Å²) in [6, 6.07) is 7.61. The van der Waals surface area contributed by atoms with Gasteiger partial charge in [-0.2, -0.15) is 5.26 Å². The Morgan fingerprint density at radius 3 is 2.82 bits per heavy atom. The average molecular weight is 226 g/mol. The van der Waals surface area contributed by atoms with E-state index in [4.69, 9.17) is 5.26 Å². The smallest absolute Gasteiger partial charge is 0.216 e. The first-order valence-corrected chi connectivity index (χ1v) is 5.37. The van der Waals surface area contributed by atoms with Crippen molar-refractivity contribution < 1.29 is 4.79 Å². The summed E-state index contributed by atoms with van der Waals surface area (Å²) in [5, 5.41) is 11.5. The van der Waals surface area contributed by atoms with Crippen LogP contribution in [0.4, 0.5) is 0 Å². The van der Waals surface area contributed by atoms with Crippen LogP contribution in [0.1, 0.15) is 30.0 Å². The monoisotopic (exact) mass is 226 g/mol. The van der Waals surface area contributed by atoms with Gasteiger partial charge in [0.15, 0.2) is 0 Å². The number of nitrogens with one attached hydrogen (secondary N) is 1. The normalized spacial score (nSPS) is 8.76. The van der Waals surface area contributed by atoms with Crippen LogP contribution in [0.3, 0.4) is 0 Å². The molecule has 0 atom stereocenters. The number of amides is 1. The standard InChI is InChI=1S/C14H14N2O/c1-11-9-13(6-7-14(11)10-15)5-3-4-8-16-12(2)17/h6-7,9H,4,8H2,1-2H3,(H,16,17). The molecule has 0 fully saturated rings. The van der Waals surface area contributed by atoms with Crippen LogP contribution in [0.25, 0.3) is 0 Å². The molecule has 0 saturated carbocycles. The van der Waals surface area contributed by atoms with E-state index in [0.717, 1.165) is 11.1 Å². The molecule has 0 unspecified atom stereocenters. The number of nitriles is 1. The minimum absolute atomic E-state index is 0.0407. The summed E-state index contributed by atoms with van der Waals surface area (Å²) in [6.45, 7) is 3.94. The Kier molecular flexibility index (Phi) is 4.78. The molecule has 3 heteroatoms. The van der Waals surface area contributed by atoms with Crippen LogP contribution in [0, 0.1) is 30.1 Å². The van der Waals surface area contributed by atoms with E-state index in [1.807, 2.05) is 19.1 Å². The molecular formula is C14H14N2O. The van der Waals surface area contributed by atoms with E-state index in [2.05, 4.69) is 23.2 Å². The molecule has 0 spiro atoms. The molecule has 17 heavy (non-hydrogen) atoms. The zero-order valence-electron chi connectivity index (χ0n) is 10.0. The number of carbonyl (C=O) groups excluding carboxylic acids is 1. The second-order valence-corrected chi connectivity index (χ2v) is 3.68. The third-order valence-electron chi connectivity index (χ3n) is 2.20. The molecule has 0 bridgehead atoms. The minimum atomic E-state index is -0.0407. The second kappa shape index (κ2) is 6.35. The predicted molar refractivity (Wildman–Crippen MR) is 66.1 cm³/mol. The zero-order valence-corrected chi connectivity index (χ0v) is 10.0. The van der Waals surface area contributed by atoms with Crippen LogP contribution in [0.5, 0.6) is 0 Å². The topological polar surface area (TPSA) is 52.9 Å². The van der Waals surface area contributed by atoms with Crippen molar-refractivity contribution in [3.8, 4) is 17.9 Å². The maximum atomic E-state index is 10.6. The Morgan fingerprint density at radius 1 is 1.47 bits per heavy atom. The first kappa shape index (κ1) is 12.8. The van der Waals surface area contributed by atoms with Gasteiger partial charge in [-0.3, -0.25) is 4.79 Å². The van der Waals surface area contributed by atoms with Crippen LogP contribution in [0.2, 0.25) is 0 Å². The molecule has 1 rings (SSSR count). The third-order valence-corrected chi connectivity index (χ3v) is 2.20. The summed E-state index contributed by atoms with van der Waals surface area (Å²) in [4.78, 5) is 10.6. The van der Waals surface area contributed by atoms with Crippen molar-refractivity contribution in [1.29, 1.82) is 5.26 Å². The van der Waals surface area contributed by atoms with Crippen LogP contribution >= 0.6 is 0 Å². The van der Waals surface area contributed by atoms with Crippen molar-refractivity contribution in [2.45, 2.75) is 20.3 Å². The first-order chi connectivity index (χ1) is 8.13. The quantitative estimate of drug-likeness (QED) is 0.617. The van der Waals surface area contributed by atoms with Gasteiger partial charge in [-0.05, 0) is 30.7 Å². The fourth-order valence-corrected chi connectivity index (χ4v) is 1.33. The Balaban J connectivity index is 2.58. The van der Waals surface area contributed by atoms with Crippen molar-refractivity contribution in [3.05, 3.63) is 34.9 Å². The van der Waals surface area contributed by atoms with Gasteiger partial charge in [0, 0.05) is 25.5 Å². The number of benzene rings is 1. The summed E-state index contributed by atoms with van der Waals surface area (Å²) < 4.78 is 0. The fourth-order valence-electron chi connectivity index (χ4n) is 1.33. The predicted octanol–water partition coefficient (Wildman–Crippen LogP) is 1.74. The van der Waals surface area contributed by atoms with E-state index in [0.29, 0.717) is 18.5 Å². The summed E-state index contributed by atoms with van der Waals surface area (Å²) >= 11 is 0. The van der Waals surface area contributed by atoms with Gasteiger partial charge in [-0.1, -0.05) is 11.8 Å². The highest BCUT2D eigenvalue weighted by atomic mass is 16.1. The van der Waals surface area contributed by atoms with Crippen molar-refractivity contribution in [2.75, 3.05) is 6.54 Å². The number of carbonyl (C=O) groups is 1. The van der Waals surface area contributed by atoms with E-state index in [-0.39, 0.29) is 5.91 Å². The van der Waals surface area contributed by atoms with E-state index >= 15 is 0 Å². The molecule has 0 heterocycles.